The lowest BCUT2D eigenvalue weighted by atomic mass is 9.93. The smallest absolute Gasteiger partial charge is 0.177 e. The van der Waals surface area contributed by atoms with Gasteiger partial charge >= 0.3 is 0 Å². The van der Waals surface area contributed by atoms with Gasteiger partial charge in [0.1, 0.15) is 0 Å². The Morgan fingerprint density at radius 3 is 2.18 bits per heavy atom. The van der Waals surface area contributed by atoms with E-state index in [1.165, 1.54) is 0 Å². The second-order valence-corrected chi connectivity index (χ2v) is 7.97. The molecule has 0 saturated carbocycles. The Labute approximate surface area is 165 Å². The van der Waals surface area contributed by atoms with Crippen LogP contribution in [0, 0.1) is 0 Å². The molecule has 4 heteroatoms. The van der Waals surface area contributed by atoms with Crippen molar-refractivity contribution in [2.75, 3.05) is 41.3 Å². The number of likely N-dealkylation sites (N-methyl/N-ethyl adjacent to an activating group) is 2. The Kier molecular flexibility index (Phi) is 4.61. The molecule has 0 unspecified atom stereocenters. The van der Waals surface area contributed by atoms with E-state index in [-0.39, 0.29) is 11.6 Å². The number of carbonyl (C=O) groups excluding carboxylic acids is 2. The fraction of sp³-hybridized carbons (Fsp3) is 0.250. The normalized spacial score (nSPS) is 12.1. The lowest BCUT2D eigenvalue weighted by Crippen LogP contribution is -2.22. The zero-order valence-corrected chi connectivity index (χ0v) is 16.7. The molecule has 0 aromatic heterocycles. The number of Topliss-reactive ketones (excluding diaryl/α,β-unsaturated/α-hetero) is 2. The molecule has 4 nitrogen and oxygen atoms in total. The molecule has 0 bridgehead atoms. The van der Waals surface area contributed by atoms with E-state index in [9.17, 15) is 9.59 Å². The lowest BCUT2D eigenvalue weighted by molar-refractivity contribution is 0.0950. The van der Waals surface area contributed by atoms with Crippen LogP contribution in [0.15, 0.2) is 48.5 Å². The SMILES string of the molecule is CN(C)CC(=O)c1ccc2c(c1)-c1c(C(=O)CN(C)C)ccc3cccc-2c13. The van der Waals surface area contributed by atoms with Gasteiger partial charge in [-0.05, 0) is 61.7 Å². The molecular formula is C24H24N2O2. The first-order chi connectivity index (χ1) is 13.4. The van der Waals surface area contributed by atoms with E-state index in [1.54, 1.807) is 0 Å². The van der Waals surface area contributed by atoms with Crippen LogP contribution in [0.4, 0.5) is 0 Å². The highest BCUT2D eigenvalue weighted by atomic mass is 16.1. The molecule has 1 aliphatic carbocycles. The highest BCUT2D eigenvalue weighted by Crippen LogP contribution is 2.49. The predicted octanol–water partition coefficient (Wildman–Crippen LogP) is 3.98. The van der Waals surface area contributed by atoms with Crippen LogP contribution in [0.3, 0.4) is 0 Å². The molecule has 4 rings (SSSR count). The molecule has 3 aromatic carbocycles. The van der Waals surface area contributed by atoms with Crippen molar-refractivity contribution in [3.63, 3.8) is 0 Å². The molecule has 0 amide bonds. The molecule has 142 valence electrons. The average molecular weight is 372 g/mol. The maximum atomic E-state index is 13.0. The summed E-state index contributed by atoms with van der Waals surface area (Å²) in [7, 11) is 7.57. The van der Waals surface area contributed by atoms with Gasteiger partial charge in [0.25, 0.3) is 0 Å². The van der Waals surface area contributed by atoms with Crippen LogP contribution in [0.2, 0.25) is 0 Å². The minimum atomic E-state index is 0.0806. The molecule has 0 spiro atoms. The maximum absolute atomic E-state index is 13.0. The number of hydrogen-bond acceptors (Lipinski definition) is 4. The first-order valence-corrected chi connectivity index (χ1v) is 9.43. The van der Waals surface area contributed by atoms with Gasteiger partial charge in [0, 0.05) is 16.7 Å². The molecule has 0 aliphatic heterocycles. The van der Waals surface area contributed by atoms with Gasteiger partial charge < -0.3 is 9.80 Å². The van der Waals surface area contributed by atoms with Crippen molar-refractivity contribution in [3.05, 3.63) is 59.7 Å². The average Bonchev–Trinajstić information content (AvgIpc) is 2.97. The van der Waals surface area contributed by atoms with Gasteiger partial charge in [-0.25, -0.2) is 0 Å². The van der Waals surface area contributed by atoms with E-state index in [2.05, 4.69) is 12.1 Å². The van der Waals surface area contributed by atoms with Gasteiger partial charge in [-0.3, -0.25) is 9.59 Å². The van der Waals surface area contributed by atoms with Gasteiger partial charge in [0.05, 0.1) is 13.1 Å². The monoisotopic (exact) mass is 372 g/mol. The molecule has 0 saturated heterocycles. The third kappa shape index (κ3) is 3.05. The number of rotatable bonds is 6. The summed E-state index contributed by atoms with van der Waals surface area (Å²) in [6.45, 7) is 0.720. The van der Waals surface area contributed by atoms with Crippen LogP contribution < -0.4 is 0 Å². The Hall–Kier alpha value is -2.82. The van der Waals surface area contributed by atoms with Crippen LogP contribution in [0.25, 0.3) is 33.0 Å². The molecule has 1 aliphatic rings. The second kappa shape index (κ2) is 6.97. The van der Waals surface area contributed by atoms with Gasteiger partial charge in [0.2, 0.25) is 0 Å². The Balaban J connectivity index is 1.93. The van der Waals surface area contributed by atoms with E-state index in [4.69, 9.17) is 0 Å². The molecule has 0 N–H and O–H groups in total. The summed E-state index contributed by atoms with van der Waals surface area (Å²) < 4.78 is 0. The zero-order chi connectivity index (χ0) is 20.0. The quantitative estimate of drug-likeness (QED) is 0.480. The number of carbonyl (C=O) groups is 2. The summed E-state index contributed by atoms with van der Waals surface area (Å²) in [6, 6.07) is 16.0. The summed E-state index contributed by atoms with van der Waals surface area (Å²) in [5.74, 6) is 0.173. The van der Waals surface area contributed by atoms with Crippen LogP contribution in [-0.2, 0) is 0 Å². The van der Waals surface area contributed by atoms with Crippen molar-refractivity contribution in [1.29, 1.82) is 0 Å². The van der Waals surface area contributed by atoms with Crippen molar-refractivity contribution in [2.24, 2.45) is 0 Å². The van der Waals surface area contributed by atoms with Crippen LogP contribution in [-0.4, -0.2) is 62.6 Å². The third-order valence-electron chi connectivity index (χ3n) is 5.17. The van der Waals surface area contributed by atoms with E-state index in [0.717, 1.165) is 38.6 Å². The van der Waals surface area contributed by atoms with Gasteiger partial charge in [0.15, 0.2) is 11.6 Å². The summed E-state index contributed by atoms with van der Waals surface area (Å²) in [5.41, 5.74) is 5.58. The van der Waals surface area contributed by atoms with Crippen molar-refractivity contribution in [3.8, 4) is 22.3 Å². The molecule has 28 heavy (non-hydrogen) atoms. The lowest BCUT2D eigenvalue weighted by Gasteiger charge is -2.13. The molecule has 0 heterocycles. The largest absolute Gasteiger partial charge is 0.302 e. The van der Waals surface area contributed by atoms with Crippen molar-refractivity contribution in [2.45, 2.75) is 0 Å². The summed E-state index contributed by atoms with van der Waals surface area (Å²) >= 11 is 0. The van der Waals surface area contributed by atoms with Gasteiger partial charge in [-0.1, -0.05) is 42.5 Å². The summed E-state index contributed by atoms with van der Waals surface area (Å²) in [5, 5.41) is 2.23. The molecule has 3 aromatic rings. The maximum Gasteiger partial charge on any atom is 0.177 e. The zero-order valence-electron chi connectivity index (χ0n) is 16.7. The fourth-order valence-corrected chi connectivity index (χ4v) is 4.03. The van der Waals surface area contributed by atoms with Crippen molar-refractivity contribution < 1.29 is 9.59 Å². The Morgan fingerprint density at radius 1 is 0.750 bits per heavy atom. The molecule has 0 radical (unpaired) electrons. The summed E-state index contributed by atoms with van der Waals surface area (Å²) in [4.78, 5) is 29.3. The number of benzene rings is 3. The second-order valence-electron chi connectivity index (χ2n) is 7.97. The first kappa shape index (κ1) is 18.5. The summed E-state index contributed by atoms with van der Waals surface area (Å²) in [6.07, 6.45) is 0. The predicted molar refractivity (Wildman–Crippen MR) is 114 cm³/mol. The topological polar surface area (TPSA) is 40.6 Å². The van der Waals surface area contributed by atoms with Crippen LogP contribution >= 0.6 is 0 Å². The van der Waals surface area contributed by atoms with E-state index >= 15 is 0 Å². The third-order valence-corrected chi connectivity index (χ3v) is 5.17. The van der Waals surface area contributed by atoms with Gasteiger partial charge in [-0.2, -0.15) is 0 Å². The number of hydrogen-bond donors (Lipinski definition) is 0. The first-order valence-electron chi connectivity index (χ1n) is 9.43. The minimum absolute atomic E-state index is 0.0806. The molecular weight excluding hydrogens is 348 g/mol. The molecule has 0 fully saturated rings. The number of ketones is 2. The van der Waals surface area contributed by atoms with E-state index in [1.807, 2.05) is 74.4 Å². The minimum Gasteiger partial charge on any atom is -0.302 e. The highest BCUT2D eigenvalue weighted by Gasteiger charge is 2.27. The van der Waals surface area contributed by atoms with E-state index in [0.29, 0.717) is 18.7 Å². The van der Waals surface area contributed by atoms with Crippen LogP contribution in [0.5, 0.6) is 0 Å². The van der Waals surface area contributed by atoms with Gasteiger partial charge in [-0.15, -0.1) is 0 Å². The highest BCUT2D eigenvalue weighted by molar-refractivity contribution is 6.22. The van der Waals surface area contributed by atoms with Crippen LogP contribution in [0.1, 0.15) is 20.7 Å². The number of fused-ring (bicyclic) bond motifs is 3. The van der Waals surface area contributed by atoms with E-state index < -0.39 is 0 Å². The standard InChI is InChI=1S/C24H24N2O2/c1-25(2)13-21(27)16-9-10-17-18-7-5-6-15-8-11-19(22(28)14-26(3)4)24(23(15)18)20(17)12-16/h5-12H,13-14H2,1-4H3. The van der Waals surface area contributed by atoms with Crippen molar-refractivity contribution in [1.82, 2.24) is 9.80 Å². The van der Waals surface area contributed by atoms with Crippen molar-refractivity contribution >= 4 is 22.3 Å². The fourth-order valence-electron chi connectivity index (χ4n) is 4.03. The number of nitrogens with zero attached hydrogens (tertiary/aromatic N) is 2. The molecule has 0 atom stereocenters. The Morgan fingerprint density at radius 2 is 1.46 bits per heavy atom. The Bertz CT molecular complexity index is 1110.